The zero-order valence-corrected chi connectivity index (χ0v) is 19.7. The summed E-state index contributed by atoms with van der Waals surface area (Å²) in [4.78, 5) is 9.37. The molecule has 3 heteroatoms. The summed E-state index contributed by atoms with van der Waals surface area (Å²) in [5.41, 5.74) is 12.0. The molecule has 0 aliphatic heterocycles. The minimum Gasteiger partial charge on any atom is -0.355 e. The summed E-state index contributed by atoms with van der Waals surface area (Å²) in [6.45, 7) is 4.37. The number of nitrogens with zero attached hydrogens (tertiary/aromatic N) is 1. The van der Waals surface area contributed by atoms with E-state index in [-0.39, 0.29) is 0 Å². The van der Waals surface area contributed by atoms with Gasteiger partial charge in [0.15, 0.2) is 0 Å². The number of nitrogens with one attached hydrogen (secondary N) is 2. The first-order chi connectivity index (χ1) is 16.6. The Morgan fingerprint density at radius 2 is 0.971 bits per heavy atom. The topological polar surface area (TPSA) is 34.8 Å². The molecule has 0 unspecified atom stereocenters. The summed E-state index contributed by atoms with van der Waals surface area (Å²) in [5, 5.41) is 2.48. The lowest BCUT2D eigenvalue weighted by Gasteiger charge is -2.24. The second-order valence-electron chi connectivity index (χ2n) is 9.10. The molecule has 0 radical (unpaired) electrons. The van der Waals surface area contributed by atoms with Gasteiger partial charge in [0.1, 0.15) is 0 Å². The second-order valence-corrected chi connectivity index (χ2v) is 9.10. The molecule has 6 rings (SSSR count). The molecule has 0 atom stereocenters. The van der Waals surface area contributed by atoms with Gasteiger partial charge in [0, 0.05) is 51.6 Å². The van der Waals surface area contributed by atoms with Gasteiger partial charge in [-0.25, -0.2) is 0 Å². The zero-order chi connectivity index (χ0) is 23.2. The van der Waals surface area contributed by atoms with Crippen molar-refractivity contribution in [1.82, 2.24) is 9.97 Å². The molecule has 34 heavy (non-hydrogen) atoms. The van der Waals surface area contributed by atoms with E-state index in [1.54, 1.807) is 0 Å². The number of hydrogen-bond acceptors (Lipinski definition) is 1. The third kappa shape index (κ3) is 3.46. The maximum absolute atomic E-state index is 3.54. The van der Waals surface area contributed by atoms with Crippen molar-refractivity contribution in [2.75, 3.05) is 11.9 Å². The van der Waals surface area contributed by atoms with Gasteiger partial charge >= 0.3 is 0 Å². The first kappa shape index (κ1) is 20.4. The van der Waals surface area contributed by atoms with E-state index < -0.39 is 0 Å². The normalized spacial score (nSPS) is 11.4. The molecule has 0 fully saturated rings. The molecule has 0 bridgehead atoms. The number of rotatable bonds is 4. The van der Waals surface area contributed by atoms with Gasteiger partial charge in [0.05, 0.1) is 0 Å². The number of fused-ring (bicyclic) bond motifs is 2. The van der Waals surface area contributed by atoms with Gasteiger partial charge in [0.2, 0.25) is 0 Å². The Balaban J connectivity index is 1.31. The number of anilines is 2. The van der Waals surface area contributed by atoms with Crippen molar-refractivity contribution < 1.29 is 0 Å². The lowest BCUT2D eigenvalue weighted by Crippen LogP contribution is -2.12. The van der Waals surface area contributed by atoms with Crippen LogP contribution in [0.15, 0.2) is 97.1 Å². The summed E-state index contributed by atoms with van der Waals surface area (Å²) in [6, 6.07) is 34.7. The fourth-order valence-electron chi connectivity index (χ4n) is 4.99. The highest BCUT2D eigenvalue weighted by molar-refractivity contribution is 5.87. The van der Waals surface area contributed by atoms with Crippen molar-refractivity contribution in [3.63, 3.8) is 0 Å². The molecule has 2 aromatic heterocycles. The Morgan fingerprint density at radius 3 is 1.38 bits per heavy atom. The van der Waals surface area contributed by atoms with Crippen LogP contribution in [0.4, 0.5) is 11.4 Å². The van der Waals surface area contributed by atoms with Crippen LogP contribution in [0.25, 0.3) is 44.3 Å². The maximum atomic E-state index is 3.54. The fourth-order valence-corrected chi connectivity index (χ4v) is 4.99. The molecule has 2 N–H and O–H groups in total. The van der Waals surface area contributed by atoms with Crippen molar-refractivity contribution in [2.24, 2.45) is 0 Å². The van der Waals surface area contributed by atoms with E-state index in [0.717, 1.165) is 11.4 Å². The Labute approximate surface area is 199 Å². The van der Waals surface area contributed by atoms with E-state index in [4.69, 9.17) is 0 Å². The van der Waals surface area contributed by atoms with Crippen LogP contribution in [0.1, 0.15) is 11.1 Å². The highest BCUT2D eigenvalue weighted by Crippen LogP contribution is 2.35. The predicted octanol–water partition coefficient (Wildman–Crippen LogP) is 8.37. The zero-order valence-electron chi connectivity index (χ0n) is 19.7. The number of H-pyrrole nitrogens is 2. The monoisotopic (exact) mass is 441 g/mol. The van der Waals surface area contributed by atoms with Crippen LogP contribution in [0.3, 0.4) is 0 Å². The average Bonchev–Trinajstić information content (AvgIpc) is 3.48. The number of benzene rings is 4. The fraction of sp³-hybridized carbons (Fsp3) is 0.0968. The van der Waals surface area contributed by atoms with E-state index in [1.165, 1.54) is 55.4 Å². The van der Waals surface area contributed by atoms with Crippen LogP contribution >= 0.6 is 0 Å². The smallest absolute Gasteiger partial charge is 0.0464 e. The number of aromatic amines is 2. The molecular weight excluding hydrogens is 414 g/mol. The molecule has 6 aromatic rings. The molecule has 0 saturated carbocycles. The van der Waals surface area contributed by atoms with E-state index in [0.29, 0.717) is 0 Å². The van der Waals surface area contributed by atoms with Crippen LogP contribution in [-0.2, 0) is 0 Å². The molecule has 0 aliphatic carbocycles. The highest BCUT2D eigenvalue weighted by atomic mass is 15.1. The number of aromatic nitrogens is 2. The van der Waals surface area contributed by atoms with E-state index in [1.807, 2.05) is 0 Å². The number of hydrogen-bond donors (Lipinski definition) is 2. The standard InChI is InChI=1S/C31H27N3/c1-20-16-24(28-18-22-8-4-6-10-26(22)32-28)12-14-30(20)34(3)31-15-13-25(17-21(31)2)29-19-23-9-5-7-11-27(23)33-29/h4-19,32-33H,1-3H3. The minimum atomic E-state index is 1.15. The van der Waals surface area contributed by atoms with E-state index in [9.17, 15) is 0 Å². The Bertz CT molecular complexity index is 1460. The molecule has 0 amide bonds. The van der Waals surface area contributed by atoms with Crippen molar-refractivity contribution >= 4 is 33.2 Å². The maximum Gasteiger partial charge on any atom is 0.0464 e. The highest BCUT2D eigenvalue weighted by Gasteiger charge is 2.13. The first-order valence-corrected chi connectivity index (χ1v) is 11.7. The Morgan fingerprint density at radius 1 is 0.529 bits per heavy atom. The van der Waals surface area contributed by atoms with Crippen LogP contribution in [0, 0.1) is 13.8 Å². The van der Waals surface area contributed by atoms with Gasteiger partial charge < -0.3 is 14.9 Å². The predicted molar refractivity (Wildman–Crippen MR) is 145 cm³/mol. The van der Waals surface area contributed by atoms with Gasteiger partial charge in [-0.15, -0.1) is 0 Å². The lowest BCUT2D eigenvalue weighted by molar-refractivity contribution is 1.16. The Kier molecular flexibility index (Phi) is 4.77. The van der Waals surface area contributed by atoms with Crippen molar-refractivity contribution in [3.05, 3.63) is 108 Å². The molecule has 166 valence electrons. The van der Waals surface area contributed by atoms with Crippen LogP contribution < -0.4 is 4.90 Å². The first-order valence-electron chi connectivity index (χ1n) is 11.7. The SMILES string of the molecule is Cc1cc(-c2cc3ccccc3[nH]2)ccc1N(C)c1ccc(-c2cc3ccccc3[nH]2)cc1C. The van der Waals surface area contributed by atoms with Crippen LogP contribution in [0.2, 0.25) is 0 Å². The van der Waals surface area contributed by atoms with Gasteiger partial charge in [0.25, 0.3) is 0 Å². The molecule has 0 saturated heterocycles. The molecule has 4 aromatic carbocycles. The van der Waals surface area contributed by atoms with Crippen molar-refractivity contribution in [2.45, 2.75) is 13.8 Å². The molecule has 3 nitrogen and oxygen atoms in total. The lowest BCUT2D eigenvalue weighted by atomic mass is 10.0. The van der Waals surface area contributed by atoms with E-state index in [2.05, 4.69) is 133 Å². The molecule has 2 heterocycles. The van der Waals surface area contributed by atoms with E-state index >= 15 is 0 Å². The van der Waals surface area contributed by atoms with Crippen LogP contribution in [0.5, 0.6) is 0 Å². The summed E-state index contributed by atoms with van der Waals surface area (Å²) in [7, 11) is 2.15. The summed E-state index contributed by atoms with van der Waals surface area (Å²) < 4.78 is 0. The number of para-hydroxylation sites is 2. The van der Waals surface area contributed by atoms with Crippen molar-refractivity contribution in [3.8, 4) is 22.5 Å². The molecule has 0 aliphatic rings. The van der Waals surface area contributed by atoms with Crippen LogP contribution in [-0.4, -0.2) is 17.0 Å². The summed E-state index contributed by atoms with van der Waals surface area (Å²) in [6.07, 6.45) is 0. The quantitative estimate of drug-likeness (QED) is 0.283. The largest absolute Gasteiger partial charge is 0.355 e. The third-order valence-electron chi connectivity index (χ3n) is 6.80. The Hall–Kier alpha value is -4.24. The van der Waals surface area contributed by atoms with Gasteiger partial charge in [-0.05, 0) is 84.6 Å². The van der Waals surface area contributed by atoms with Gasteiger partial charge in [-0.1, -0.05) is 48.5 Å². The number of aryl methyl sites for hydroxylation is 2. The summed E-state index contributed by atoms with van der Waals surface area (Å²) in [5.74, 6) is 0. The average molecular weight is 442 g/mol. The minimum absolute atomic E-state index is 1.15. The van der Waals surface area contributed by atoms with Gasteiger partial charge in [-0.2, -0.15) is 0 Å². The molecular formula is C31H27N3. The third-order valence-corrected chi connectivity index (χ3v) is 6.80. The van der Waals surface area contributed by atoms with Crippen molar-refractivity contribution in [1.29, 1.82) is 0 Å². The molecule has 0 spiro atoms. The van der Waals surface area contributed by atoms with Gasteiger partial charge in [-0.3, -0.25) is 0 Å². The summed E-state index contributed by atoms with van der Waals surface area (Å²) >= 11 is 0. The second kappa shape index (κ2) is 7.96.